The minimum atomic E-state index is -0.487. The van der Waals surface area contributed by atoms with Crippen LogP contribution >= 0.6 is 0 Å². The molecule has 0 spiro atoms. The standard InChI is InChI=1S/C18H28N6O4/c1-18(2)9-13(7-8-28-18)22-17-20-10-14(24(26)27)16(23-17)21-12-5-3-11(4-6-12)15(19)25/h10-13H,3-9H2,1-2H3,(H2,19,25)(H2,20,21,22,23)/t11?,12?,13-/m0/s1. The van der Waals surface area contributed by atoms with Crippen molar-refractivity contribution >= 4 is 23.4 Å². The van der Waals surface area contributed by atoms with E-state index in [1.807, 2.05) is 13.8 Å². The fraction of sp³-hybridized carbons (Fsp3) is 0.722. The molecule has 0 radical (unpaired) electrons. The van der Waals surface area contributed by atoms with Gasteiger partial charge < -0.3 is 21.1 Å². The Morgan fingerprint density at radius 3 is 2.57 bits per heavy atom. The van der Waals surface area contributed by atoms with Gasteiger partial charge in [0.2, 0.25) is 17.7 Å². The van der Waals surface area contributed by atoms with Gasteiger partial charge in [0.05, 0.1) is 10.5 Å². The molecule has 1 aromatic heterocycles. The lowest BCUT2D eigenvalue weighted by Gasteiger charge is -2.35. The monoisotopic (exact) mass is 392 g/mol. The molecule has 154 valence electrons. The highest BCUT2D eigenvalue weighted by Gasteiger charge is 2.30. The number of hydrogen-bond acceptors (Lipinski definition) is 8. The molecule has 0 bridgehead atoms. The number of nitrogens with zero attached hydrogens (tertiary/aromatic N) is 3. The van der Waals surface area contributed by atoms with E-state index in [0.29, 0.717) is 38.2 Å². The molecule has 1 aliphatic carbocycles. The molecule has 1 saturated heterocycles. The van der Waals surface area contributed by atoms with Gasteiger partial charge in [0.1, 0.15) is 6.20 Å². The molecule has 1 saturated carbocycles. The van der Waals surface area contributed by atoms with E-state index < -0.39 is 4.92 Å². The number of nitro groups is 1. The molecular formula is C18H28N6O4. The number of aromatic nitrogens is 2. The number of anilines is 2. The minimum absolute atomic E-state index is 0.0130. The number of nitrogens with two attached hydrogens (primary N) is 1. The first kappa shape index (κ1) is 20.2. The summed E-state index contributed by atoms with van der Waals surface area (Å²) in [6.07, 6.45) is 5.63. The van der Waals surface area contributed by atoms with E-state index in [1.54, 1.807) is 0 Å². The summed E-state index contributed by atoms with van der Waals surface area (Å²) in [5.74, 6) is 0.169. The van der Waals surface area contributed by atoms with Gasteiger partial charge in [-0.15, -0.1) is 0 Å². The topological polar surface area (TPSA) is 145 Å². The van der Waals surface area contributed by atoms with Crippen molar-refractivity contribution in [1.29, 1.82) is 0 Å². The fourth-order valence-corrected chi connectivity index (χ4v) is 3.94. The summed E-state index contributed by atoms with van der Waals surface area (Å²) < 4.78 is 5.72. The van der Waals surface area contributed by atoms with Crippen molar-refractivity contribution in [1.82, 2.24) is 9.97 Å². The Hall–Kier alpha value is -2.49. The number of carbonyl (C=O) groups excluding carboxylic acids is 1. The van der Waals surface area contributed by atoms with Gasteiger partial charge in [-0.2, -0.15) is 4.98 Å². The van der Waals surface area contributed by atoms with Crippen LogP contribution in [0.5, 0.6) is 0 Å². The second-order valence-corrected chi connectivity index (χ2v) is 8.22. The maximum Gasteiger partial charge on any atom is 0.329 e. The molecule has 3 rings (SSSR count). The largest absolute Gasteiger partial charge is 0.375 e. The third-order valence-electron chi connectivity index (χ3n) is 5.47. The Morgan fingerprint density at radius 1 is 1.25 bits per heavy atom. The zero-order valence-electron chi connectivity index (χ0n) is 16.3. The van der Waals surface area contributed by atoms with Crippen LogP contribution in [0.1, 0.15) is 52.4 Å². The van der Waals surface area contributed by atoms with Crippen LogP contribution in [0.3, 0.4) is 0 Å². The lowest BCUT2D eigenvalue weighted by Crippen LogP contribution is -2.40. The van der Waals surface area contributed by atoms with Crippen LogP contribution in [-0.4, -0.2) is 45.1 Å². The molecule has 2 aliphatic rings. The lowest BCUT2D eigenvalue weighted by molar-refractivity contribution is -0.384. The molecule has 1 amide bonds. The first-order valence-corrected chi connectivity index (χ1v) is 9.71. The molecule has 10 nitrogen and oxygen atoms in total. The maximum absolute atomic E-state index is 11.4. The summed E-state index contributed by atoms with van der Waals surface area (Å²) in [4.78, 5) is 30.7. The highest BCUT2D eigenvalue weighted by atomic mass is 16.6. The summed E-state index contributed by atoms with van der Waals surface area (Å²) in [7, 11) is 0. The van der Waals surface area contributed by atoms with Crippen molar-refractivity contribution in [3.05, 3.63) is 16.3 Å². The molecule has 28 heavy (non-hydrogen) atoms. The molecule has 10 heteroatoms. The normalized spacial score (nSPS) is 27.0. The van der Waals surface area contributed by atoms with Crippen LogP contribution in [0.25, 0.3) is 0 Å². The van der Waals surface area contributed by atoms with Gasteiger partial charge in [0.15, 0.2) is 0 Å². The van der Waals surface area contributed by atoms with Crippen LogP contribution < -0.4 is 16.4 Å². The van der Waals surface area contributed by atoms with Crippen molar-refractivity contribution in [2.75, 3.05) is 17.2 Å². The van der Waals surface area contributed by atoms with Crippen LogP contribution in [0, 0.1) is 16.0 Å². The zero-order chi connectivity index (χ0) is 20.3. The second kappa shape index (κ2) is 8.26. The van der Waals surface area contributed by atoms with E-state index in [-0.39, 0.29) is 41.0 Å². The van der Waals surface area contributed by atoms with Crippen molar-refractivity contribution in [3.63, 3.8) is 0 Å². The van der Waals surface area contributed by atoms with Crippen LogP contribution in [0.2, 0.25) is 0 Å². The molecule has 0 aromatic carbocycles. The van der Waals surface area contributed by atoms with Gasteiger partial charge in [-0.3, -0.25) is 14.9 Å². The average molecular weight is 392 g/mol. The van der Waals surface area contributed by atoms with Crippen LogP contribution in [0.15, 0.2) is 6.20 Å². The molecule has 1 aliphatic heterocycles. The lowest BCUT2D eigenvalue weighted by atomic mass is 9.85. The van der Waals surface area contributed by atoms with Gasteiger partial charge >= 0.3 is 5.69 Å². The first-order valence-electron chi connectivity index (χ1n) is 9.71. The van der Waals surface area contributed by atoms with Crippen LogP contribution in [0.4, 0.5) is 17.5 Å². The predicted molar refractivity (Wildman–Crippen MR) is 104 cm³/mol. The molecule has 1 aromatic rings. The molecule has 1 atom stereocenters. The van der Waals surface area contributed by atoms with Crippen molar-refractivity contribution in [3.8, 4) is 0 Å². The molecule has 4 N–H and O–H groups in total. The van der Waals surface area contributed by atoms with Gasteiger partial charge in [-0.25, -0.2) is 4.98 Å². The Labute approximate surface area is 163 Å². The number of carbonyl (C=O) groups is 1. The number of ether oxygens (including phenoxy) is 1. The van der Waals surface area contributed by atoms with Crippen molar-refractivity contribution in [2.24, 2.45) is 11.7 Å². The predicted octanol–water partition coefficient (Wildman–Crippen LogP) is 2.21. The summed E-state index contributed by atoms with van der Waals surface area (Å²) in [5, 5.41) is 17.8. The maximum atomic E-state index is 11.4. The zero-order valence-corrected chi connectivity index (χ0v) is 16.3. The van der Waals surface area contributed by atoms with Crippen LogP contribution in [-0.2, 0) is 9.53 Å². The minimum Gasteiger partial charge on any atom is -0.375 e. The summed E-state index contributed by atoms with van der Waals surface area (Å²) >= 11 is 0. The number of amides is 1. The Balaban J connectivity index is 1.70. The summed E-state index contributed by atoms with van der Waals surface area (Å²) in [5.41, 5.74) is 4.99. The van der Waals surface area contributed by atoms with Crippen molar-refractivity contribution < 1.29 is 14.5 Å². The Bertz CT molecular complexity index is 733. The van der Waals surface area contributed by atoms with E-state index in [0.717, 1.165) is 12.8 Å². The smallest absolute Gasteiger partial charge is 0.329 e. The number of nitrogens with one attached hydrogen (secondary N) is 2. The molecule has 2 fully saturated rings. The number of primary amides is 1. The fourth-order valence-electron chi connectivity index (χ4n) is 3.94. The van der Waals surface area contributed by atoms with E-state index in [1.165, 1.54) is 6.20 Å². The van der Waals surface area contributed by atoms with Gasteiger partial charge in [0.25, 0.3) is 0 Å². The number of hydrogen-bond donors (Lipinski definition) is 3. The summed E-state index contributed by atoms with van der Waals surface area (Å²) in [6.45, 7) is 4.71. The number of rotatable bonds is 6. The SMILES string of the molecule is CC1(C)C[C@@H](Nc2ncc([N+](=O)[O-])c(NC3CCC(C(N)=O)CC3)n2)CCO1. The summed E-state index contributed by atoms with van der Waals surface area (Å²) in [6, 6.07) is 0.156. The van der Waals surface area contributed by atoms with Crippen molar-refractivity contribution in [2.45, 2.75) is 70.1 Å². The highest BCUT2D eigenvalue weighted by Crippen LogP contribution is 2.30. The average Bonchev–Trinajstić information content (AvgIpc) is 2.61. The van der Waals surface area contributed by atoms with E-state index in [4.69, 9.17) is 10.5 Å². The molecule has 2 heterocycles. The Morgan fingerprint density at radius 2 is 1.96 bits per heavy atom. The molecule has 0 unspecified atom stereocenters. The second-order valence-electron chi connectivity index (χ2n) is 8.22. The highest BCUT2D eigenvalue weighted by molar-refractivity contribution is 5.76. The van der Waals surface area contributed by atoms with Gasteiger partial charge in [-0.05, 0) is 52.4 Å². The Kier molecular flexibility index (Phi) is 5.97. The van der Waals surface area contributed by atoms with Gasteiger partial charge in [-0.1, -0.05) is 0 Å². The quantitative estimate of drug-likeness (QED) is 0.493. The first-order chi connectivity index (χ1) is 13.2. The van der Waals surface area contributed by atoms with Gasteiger partial charge in [0, 0.05) is 24.6 Å². The van der Waals surface area contributed by atoms with E-state index in [2.05, 4.69) is 20.6 Å². The van der Waals surface area contributed by atoms with E-state index >= 15 is 0 Å². The third kappa shape index (κ3) is 5.06. The van der Waals surface area contributed by atoms with E-state index in [9.17, 15) is 14.9 Å². The molecular weight excluding hydrogens is 364 g/mol. The third-order valence-corrected chi connectivity index (χ3v) is 5.47.